The van der Waals surface area contributed by atoms with Gasteiger partial charge in [0.25, 0.3) is 5.91 Å². The summed E-state index contributed by atoms with van der Waals surface area (Å²) in [5, 5.41) is 3.01. The van der Waals surface area contributed by atoms with Crippen molar-refractivity contribution in [3.63, 3.8) is 0 Å². The van der Waals surface area contributed by atoms with Crippen LogP contribution in [0.1, 0.15) is 72.9 Å². The normalized spacial score (nSPS) is 17.1. The Balaban J connectivity index is 1.21. The van der Waals surface area contributed by atoms with E-state index in [4.69, 9.17) is 10.5 Å². The average Bonchev–Trinajstić information content (AvgIpc) is 3.41. The van der Waals surface area contributed by atoms with Crippen LogP contribution in [0.4, 0.5) is 10.2 Å². The molecule has 0 fully saturated rings. The molecule has 4 heterocycles. The summed E-state index contributed by atoms with van der Waals surface area (Å²) in [7, 11) is 0. The summed E-state index contributed by atoms with van der Waals surface area (Å²) in [5.41, 5.74) is 14.9. The van der Waals surface area contributed by atoms with Crippen LogP contribution < -0.4 is 11.1 Å². The molecule has 6 nitrogen and oxygen atoms in total. The number of amides is 1. The van der Waals surface area contributed by atoms with Gasteiger partial charge in [-0.2, -0.15) is 0 Å². The molecular formula is C29H25FN4O2. The van der Waals surface area contributed by atoms with Gasteiger partial charge in [-0.05, 0) is 83.1 Å². The molecule has 1 amide bonds. The van der Waals surface area contributed by atoms with Gasteiger partial charge in [-0.3, -0.25) is 9.78 Å². The molecule has 2 bridgehead atoms. The summed E-state index contributed by atoms with van der Waals surface area (Å²) >= 11 is 0. The molecule has 0 radical (unpaired) electrons. The van der Waals surface area contributed by atoms with Crippen LogP contribution in [0, 0.1) is 19.7 Å². The average molecular weight is 481 g/mol. The van der Waals surface area contributed by atoms with E-state index in [1.54, 1.807) is 12.3 Å². The number of ether oxygens (including phenoxy) is 1. The fourth-order valence-electron chi connectivity index (χ4n) is 5.31. The maximum Gasteiger partial charge on any atom is 0.251 e. The fourth-order valence-corrected chi connectivity index (χ4v) is 5.31. The van der Waals surface area contributed by atoms with Crippen molar-refractivity contribution in [1.29, 1.82) is 0 Å². The van der Waals surface area contributed by atoms with Gasteiger partial charge in [-0.1, -0.05) is 24.3 Å². The number of benzene rings is 2. The van der Waals surface area contributed by atoms with Crippen LogP contribution in [-0.4, -0.2) is 15.9 Å². The third kappa shape index (κ3) is 3.72. The number of nitrogens with two attached hydrogens (primary N) is 1. The first-order chi connectivity index (χ1) is 17.4. The predicted octanol–water partition coefficient (Wildman–Crippen LogP) is 4.86. The highest BCUT2D eigenvalue weighted by atomic mass is 19.1. The Morgan fingerprint density at radius 1 is 1.03 bits per heavy atom. The molecule has 2 aromatic carbocycles. The van der Waals surface area contributed by atoms with Crippen LogP contribution in [0.2, 0.25) is 0 Å². The molecule has 0 saturated heterocycles. The van der Waals surface area contributed by atoms with E-state index >= 15 is 0 Å². The van der Waals surface area contributed by atoms with Crippen LogP contribution in [0.25, 0.3) is 0 Å². The predicted molar refractivity (Wildman–Crippen MR) is 134 cm³/mol. The third-order valence-electron chi connectivity index (χ3n) is 7.11. The van der Waals surface area contributed by atoms with E-state index < -0.39 is 0 Å². The number of aryl methyl sites for hydroxylation is 2. The second-order valence-corrected chi connectivity index (χ2v) is 9.42. The zero-order valence-corrected chi connectivity index (χ0v) is 20.0. The van der Waals surface area contributed by atoms with Crippen molar-refractivity contribution in [3.8, 4) is 0 Å². The van der Waals surface area contributed by atoms with Gasteiger partial charge in [0.2, 0.25) is 0 Å². The minimum absolute atomic E-state index is 0.149. The van der Waals surface area contributed by atoms with Crippen LogP contribution in [-0.2, 0) is 17.7 Å². The minimum atomic E-state index is -0.301. The van der Waals surface area contributed by atoms with Crippen LogP contribution in [0.15, 0.2) is 60.8 Å². The molecule has 6 rings (SSSR count). The van der Waals surface area contributed by atoms with E-state index in [0.717, 1.165) is 44.6 Å². The number of fused-ring (bicyclic) bond motifs is 8. The summed E-state index contributed by atoms with van der Waals surface area (Å²) < 4.78 is 20.4. The van der Waals surface area contributed by atoms with Crippen molar-refractivity contribution < 1.29 is 13.9 Å². The lowest BCUT2D eigenvalue weighted by atomic mass is 9.84. The molecule has 0 spiro atoms. The van der Waals surface area contributed by atoms with Gasteiger partial charge in [0, 0.05) is 30.4 Å². The first-order valence-electron chi connectivity index (χ1n) is 11.9. The van der Waals surface area contributed by atoms with Crippen molar-refractivity contribution in [2.24, 2.45) is 0 Å². The van der Waals surface area contributed by atoms with E-state index in [1.807, 2.05) is 50.2 Å². The molecule has 3 N–H and O–H groups in total. The number of aromatic nitrogens is 2. The summed E-state index contributed by atoms with van der Waals surface area (Å²) in [6.07, 6.45) is 1.64. The second-order valence-electron chi connectivity index (χ2n) is 9.42. The molecule has 2 unspecified atom stereocenters. The van der Waals surface area contributed by atoms with Crippen LogP contribution >= 0.6 is 0 Å². The molecule has 2 aliphatic rings. The summed E-state index contributed by atoms with van der Waals surface area (Å²) in [4.78, 5) is 21.4. The number of nitrogens with one attached hydrogen (secondary N) is 1. The molecule has 2 aromatic heterocycles. The minimum Gasteiger partial charge on any atom is -0.384 e. The van der Waals surface area contributed by atoms with Gasteiger partial charge in [-0.25, -0.2) is 9.37 Å². The SMILES string of the molecule is Cc1cc(N)nc(C)c1CNC(=O)c1ccc2c(c1)C1OC2c2cc(Cc3ncccc3F)ccc21. The third-order valence-corrected chi connectivity index (χ3v) is 7.11. The number of pyridine rings is 2. The van der Waals surface area contributed by atoms with Gasteiger partial charge in [-0.15, -0.1) is 0 Å². The number of nitrogens with zero attached hydrogens (tertiary/aromatic N) is 2. The van der Waals surface area contributed by atoms with E-state index in [1.165, 1.54) is 6.07 Å². The lowest BCUT2D eigenvalue weighted by Crippen LogP contribution is -2.24. The topological polar surface area (TPSA) is 90.1 Å². The van der Waals surface area contributed by atoms with Gasteiger partial charge in [0.15, 0.2) is 0 Å². The van der Waals surface area contributed by atoms with Crippen molar-refractivity contribution in [1.82, 2.24) is 15.3 Å². The number of carbonyl (C=O) groups is 1. The highest BCUT2D eigenvalue weighted by Crippen LogP contribution is 2.54. The maximum absolute atomic E-state index is 14.1. The van der Waals surface area contributed by atoms with E-state index in [-0.39, 0.29) is 23.9 Å². The number of nitrogen functional groups attached to an aromatic ring is 1. The van der Waals surface area contributed by atoms with E-state index in [9.17, 15) is 9.18 Å². The van der Waals surface area contributed by atoms with Crippen molar-refractivity contribution in [2.45, 2.75) is 39.0 Å². The van der Waals surface area contributed by atoms with Gasteiger partial charge >= 0.3 is 0 Å². The molecule has 2 aliphatic heterocycles. The second kappa shape index (κ2) is 8.53. The van der Waals surface area contributed by atoms with Gasteiger partial charge in [0.05, 0.1) is 5.69 Å². The van der Waals surface area contributed by atoms with Crippen molar-refractivity contribution in [3.05, 3.63) is 123 Å². The lowest BCUT2D eigenvalue weighted by Gasteiger charge is -2.18. The van der Waals surface area contributed by atoms with Crippen LogP contribution in [0.5, 0.6) is 0 Å². The largest absolute Gasteiger partial charge is 0.384 e. The summed E-state index contributed by atoms with van der Waals surface area (Å²) in [5.74, 6) is 0.0270. The van der Waals surface area contributed by atoms with Crippen LogP contribution in [0.3, 0.4) is 0 Å². The Morgan fingerprint density at radius 2 is 1.78 bits per heavy atom. The van der Waals surface area contributed by atoms with Crippen molar-refractivity contribution in [2.75, 3.05) is 5.73 Å². The van der Waals surface area contributed by atoms with Gasteiger partial charge < -0.3 is 15.8 Å². The molecule has 0 saturated carbocycles. The Bertz CT molecular complexity index is 1510. The highest BCUT2D eigenvalue weighted by molar-refractivity contribution is 5.94. The standard InChI is InChI=1S/C29H25FN4O2/c1-15-10-26(31)34-16(2)23(15)14-33-29(35)18-6-8-20-22(13-18)28-19-7-5-17(11-21(19)27(20)36-28)12-25-24(30)4-3-9-32-25/h3-11,13,27-28H,12,14H2,1-2H3,(H2,31,34)(H,33,35). The fraction of sp³-hybridized carbons (Fsp3) is 0.207. The number of halogens is 1. The summed E-state index contributed by atoms with van der Waals surface area (Å²) in [6.45, 7) is 4.24. The first kappa shape index (κ1) is 22.4. The molecular weight excluding hydrogens is 455 g/mol. The Kier molecular flexibility index (Phi) is 5.30. The Morgan fingerprint density at radius 3 is 2.53 bits per heavy atom. The molecule has 2 atom stereocenters. The first-order valence-corrected chi connectivity index (χ1v) is 11.9. The Hall–Kier alpha value is -4.10. The van der Waals surface area contributed by atoms with E-state index in [0.29, 0.717) is 30.0 Å². The number of rotatable bonds is 5. The molecule has 0 aliphatic carbocycles. The number of hydrogen-bond donors (Lipinski definition) is 2. The Labute approximate surface area is 208 Å². The monoisotopic (exact) mass is 480 g/mol. The number of anilines is 1. The van der Waals surface area contributed by atoms with Gasteiger partial charge in [0.1, 0.15) is 23.8 Å². The molecule has 4 aromatic rings. The zero-order valence-electron chi connectivity index (χ0n) is 20.0. The molecule has 7 heteroatoms. The zero-order chi connectivity index (χ0) is 25.0. The molecule has 36 heavy (non-hydrogen) atoms. The maximum atomic E-state index is 14.1. The number of carbonyl (C=O) groups excluding carboxylic acids is 1. The lowest BCUT2D eigenvalue weighted by molar-refractivity contribution is 0.0857. The summed E-state index contributed by atoms with van der Waals surface area (Å²) in [6, 6.07) is 16.7. The van der Waals surface area contributed by atoms with Crippen molar-refractivity contribution >= 4 is 11.7 Å². The number of hydrogen-bond acceptors (Lipinski definition) is 5. The quantitative estimate of drug-likeness (QED) is 0.426. The smallest absolute Gasteiger partial charge is 0.251 e. The molecule has 180 valence electrons. The highest BCUT2D eigenvalue weighted by Gasteiger charge is 2.43. The van der Waals surface area contributed by atoms with E-state index in [2.05, 4.69) is 21.4 Å².